The monoisotopic (exact) mass is 369 g/mol. The normalized spacial score (nSPS) is 25.4. The number of carboxylic acids is 1. The molecule has 6 nitrogen and oxygen atoms in total. The van der Waals surface area contributed by atoms with Gasteiger partial charge in [0.15, 0.2) is 0 Å². The Hall–Kier alpha value is -2.21. The van der Waals surface area contributed by atoms with Gasteiger partial charge in [-0.15, -0.1) is 0 Å². The molecule has 0 spiro atoms. The number of hydrogen-bond donors (Lipinski definition) is 1. The Morgan fingerprint density at radius 1 is 1.15 bits per heavy atom. The van der Waals surface area contributed by atoms with E-state index in [0.29, 0.717) is 23.6 Å². The smallest absolute Gasteiger partial charge is 0.360 e. The van der Waals surface area contributed by atoms with E-state index in [1.54, 1.807) is 10.6 Å². The molecule has 27 heavy (non-hydrogen) atoms. The maximum atomic E-state index is 13.0. The van der Waals surface area contributed by atoms with Crippen molar-refractivity contribution in [2.75, 3.05) is 0 Å². The minimum absolute atomic E-state index is 0.0339. The van der Waals surface area contributed by atoms with Crippen LogP contribution >= 0.6 is 0 Å². The van der Waals surface area contributed by atoms with Gasteiger partial charge in [-0.25, -0.2) is 9.78 Å². The molecule has 1 N–H and O–H groups in total. The quantitative estimate of drug-likeness (QED) is 0.874. The number of benzene rings is 1. The molecule has 3 atom stereocenters. The Morgan fingerprint density at radius 3 is 2.37 bits per heavy atom. The summed E-state index contributed by atoms with van der Waals surface area (Å²) < 4.78 is 1.72. The number of nitrogens with zero attached hydrogens (tertiary/aromatic N) is 3. The second-order valence-electron chi connectivity index (χ2n) is 7.86. The molecule has 144 valence electrons. The van der Waals surface area contributed by atoms with Gasteiger partial charge in [0.05, 0.1) is 11.0 Å². The number of carboxylic acid groups (broad SMARTS) is 1. The zero-order chi connectivity index (χ0) is 19.1. The van der Waals surface area contributed by atoms with Gasteiger partial charge in [0.2, 0.25) is 5.69 Å². The standard InChI is InChI=1S/C21H27N3O3/c1-3-13(4-2)23-14-9-10-15(23)12-16(11-14)24-18-8-6-5-7-17(18)22-19(20(24)25)21(26)27/h5-8,13-16H,3-4,9-12H2,1-2H3,(H,26,27)/t14-,15+,16?. The molecule has 2 aromatic rings. The molecule has 2 aliphatic heterocycles. The molecule has 0 amide bonds. The molecule has 1 aromatic carbocycles. The van der Waals surface area contributed by atoms with Crippen LogP contribution in [0.2, 0.25) is 0 Å². The van der Waals surface area contributed by atoms with Gasteiger partial charge in [0.1, 0.15) is 0 Å². The van der Waals surface area contributed by atoms with Gasteiger partial charge in [-0.1, -0.05) is 26.0 Å². The van der Waals surface area contributed by atoms with Crippen molar-refractivity contribution in [1.29, 1.82) is 0 Å². The molecule has 4 rings (SSSR count). The summed E-state index contributed by atoms with van der Waals surface area (Å²) in [6.45, 7) is 4.50. The third-order valence-electron chi connectivity index (χ3n) is 6.49. The lowest BCUT2D eigenvalue weighted by Crippen LogP contribution is -2.50. The largest absolute Gasteiger partial charge is 0.476 e. The first-order valence-corrected chi connectivity index (χ1v) is 10.1. The van der Waals surface area contributed by atoms with Crippen LogP contribution in [0.4, 0.5) is 0 Å². The van der Waals surface area contributed by atoms with Gasteiger partial charge < -0.3 is 9.67 Å². The number of hydrogen-bond acceptors (Lipinski definition) is 4. The fourth-order valence-corrected chi connectivity index (χ4v) is 5.36. The highest BCUT2D eigenvalue weighted by Crippen LogP contribution is 2.43. The van der Waals surface area contributed by atoms with E-state index in [4.69, 9.17) is 0 Å². The summed E-state index contributed by atoms with van der Waals surface area (Å²) in [7, 11) is 0. The van der Waals surface area contributed by atoms with E-state index in [0.717, 1.165) is 31.2 Å². The summed E-state index contributed by atoms with van der Waals surface area (Å²) in [6.07, 6.45) is 6.44. The maximum Gasteiger partial charge on any atom is 0.360 e. The third-order valence-corrected chi connectivity index (χ3v) is 6.49. The molecule has 0 aliphatic carbocycles. The SMILES string of the molecule is CCC(CC)N1[C@@H]2CC[C@H]1CC(n1c(=O)c(C(=O)O)nc3ccccc31)C2. The summed E-state index contributed by atoms with van der Waals surface area (Å²) >= 11 is 0. The average molecular weight is 369 g/mol. The molecule has 1 unspecified atom stereocenters. The lowest BCUT2D eigenvalue weighted by Gasteiger charge is -2.44. The van der Waals surface area contributed by atoms with E-state index >= 15 is 0 Å². The summed E-state index contributed by atoms with van der Waals surface area (Å²) in [5, 5.41) is 9.46. The predicted molar refractivity (Wildman–Crippen MR) is 104 cm³/mol. The van der Waals surface area contributed by atoms with Crippen molar-refractivity contribution in [2.24, 2.45) is 0 Å². The van der Waals surface area contributed by atoms with Crippen molar-refractivity contribution in [3.8, 4) is 0 Å². The van der Waals surface area contributed by atoms with Crippen molar-refractivity contribution in [3.63, 3.8) is 0 Å². The first-order chi connectivity index (χ1) is 13.0. The van der Waals surface area contributed by atoms with E-state index < -0.39 is 11.5 Å². The van der Waals surface area contributed by atoms with Crippen LogP contribution in [-0.4, -0.2) is 43.7 Å². The van der Waals surface area contributed by atoms with E-state index in [1.807, 2.05) is 18.2 Å². The van der Waals surface area contributed by atoms with Gasteiger partial charge in [-0.3, -0.25) is 9.69 Å². The van der Waals surface area contributed by atoms with Crippen LogP contribution < -0.4 is 5.56 Å². The molecule has 2 aliphatic rings. The molecule has 3 heterocycles. The van der Waals surface area contributed by atoms with Crippen LogP contribution in [0.5, 0.6) is 0 Å². The van der Waals surface area contributed by atoms with E-state index in [1.165, 1.54) is 12.8 Å². The lowest BCUT2D eigenvalue weighted by atomic mass is 9.93. The fourth-order valence-electron chi connectivity index (χ4n) is 5.36. The molecule has 2 bridgehead atoms. The van der Waals surface area contributed by atoms with Gasteiger partial charge >= 0.3 is 5.97 Å². The van der Waals surface area contributed by atoms with Crippen LogP contribution in [0, 0.1) is 0 Å². The summed E-state index contributed by atoms with van der Waals surface area (Å²) in [5.74, 6) is -1.25. The number of piperidine rings is 1. The number of rotatable bonds is 5. The second kappa shape index (κ2) is 7.08. The Balaban J connectivity index is 1.77. The van der Waals surface area contributed by atoms with Gasteiger partial charge in [0.25, 0.3) is 5.56 Å². The van der Waals surface area contributed by atoms with Gasteiger partial charge in [0, 0.05) is 24.2 Å². The molecule has 2 saturated heterocycles. The van der Waals surface area contributed by atoms with Crippen molar-refractivity contribution >= 4 is 17.0 Å². The molecule has 1 aromatic heterocycles. The van der Waals surface area contributed by atoms with Gasteiger partial charge in [-0.2, -0.15) is 0 Å². The topological polar surface area (TPSA) is 75.4 Å². The van der Waals surface area contributed by atoms with Crippen molar-refractivity contribution < 1.29 is 9.90 Å². The number of carbonyl (C=O) groups is 1. The molecule has 0 radical (unpaired) electrons. The van der Waals surface area contributed by atoms with Crippen LogP contribution in [0.1, 0.15) is 68.9 Å². The zero-order valence-corrected chi connectivity index (χ0v) is 16.0. The molecule has 0 saturated carbocycles. The van der Waals surface area contributed by atoms with Gasteiger partial charge in [-0.05, 0) is 50.7 Å². The highest BCUT2D eigenvalue weighted by molar-refractivity contribution is 5.88. The Bertz CT molecular complexity index is 905. The molecule has 6 heteroatoms. The predicted octanol–water partition coefficient (Wildman–Crippen LogP) is 3.45. The van der Waals surface area contributed by atoms with Crippen LogP contribution in [0.25, 0.3) is 11.0 Å². The van der Waals surface area contributed by atoms with Crippen LogP contribution in [0.15, 0.2) is 29.1 Å². The number of para-hydroxylation sites is 2. The Labute approximate surface area is 158 Å². The molecule has 2 fully saturated rings. The number of fused-ring (bicyclic) bond motifs is 3. The highest BCUT2D eigenvalue weighted by Gasteiger charge is 2.44. The maximum absolute atomic E-state index is 13.0. The van der Waals surface area contributed by atoms with E-state index in [-0.39, 0.29) is 11.7 Å². The van der Waals surface area contributed by atoms with Crippen molar-refractivity contribution in [1.82, 2.24) is 14.5 Å². The minimum Gasteiger partial charge on any atom is -0.476 e. The fraction of sp³-hybridized carbons (Fsp3) is 0.571. The Kier molecular flexibility index (Phi) is 4.76. The highest BCUT2D eigenvalue weighted by atomic mass is 16.4. The molecular weight excluding hydrogens is 342 g/mol. The first kappa shape index (κ1) is 18.2. The third kappa shape index (κ3) is 2.96. The van der Waals surface area contributed by atoms with E-state index in [9.17, 15) is 14.7 Å². The second-order valence-corrected chi connectivity index (χ2v) is 7.86. The zero-order valence-electron chi connectivity index (χ0n) is 16.0. The summed E-state index contributed by atoms with van der Waals surface area (Å²) in [5.41, 5.74) is 0.474. The first-order valence-electron chi connectivity index (χ1n) is 10.1. The lowest BCUT2D eigenvalue weighted by molar-refractivity contribution is 0.0578. The average Bonchev–Trinajstić information content (AvgIpc) is 2.92. The molecular formula is C21H27N3O3. The van der Waals surface area contributed by atoms with E-state index in [2.05, 4.69) is 23.7 Å². The van der Waals surface area contributed by atoms with Crippen molar-refractivity contribution in [3.05, 3.63) is 40.3 Å². The summed E-state index contributed by atoms with van der Waals surface area (Å²) in [4.78, 5) is 31.4. The van der Waals surface area contributed by atoms with Crippen LogP contribution in [0.3, 0.4) is 0 Å². The van der Waals surface area contributed by atoms with Crippen LogP contribution in [-0.2, 0) is 0 Å². The number of aromatic nitrogens is 2. The van der Waals surface area contributed by atoms with Crippen molar-refractivity contribution in [2.45, 2.75) is 76.5 Å². The Morgan fingerprint density at radius 2 is 1.78 bits per heavy atom. The summed E-state index contributed by atoms with van der Waals surface area (Å²) in [6, 6.07) is 8.96. The minimum atomic E-state index is -1.25. The number of aromatic carboxylic acids is 1.